The van der Waals surface area contributed by atoms with Gasteiger partial charge in [-0.25, -0.2) is 4.79 Å². The lowest BCUT2D eigenvalue weighted by molar-refractivity contribution is -0.384. The summed E-state index contributed by atoms with van der Waals surface area (Å²) in [6.07, 6.45) is 0.175. The van der Waals surface area contributed by atoms with Crippen LogP contribution in [0, 0.1) is 15.5 Å². The Labute approximate surface area is 115 Å². The Hall–Kier alpha value is -2.44. The van der Waals surface area contributed by atoms with Gasteiger partial charge in [-0.2, -0.15) is 0 Å². The number of nitro benzene ring substituents is 1. The molecule has 0 heterocycles. The Balaban J connectivity index is 3.08. The molecule has 0 saturated heterocycles. The third-order valence-electron chi connectivity index (χ3n) is 2.41. The normalized spacial score (nSPS) is 10.9. The minimum absolute atomic E-state index is 0.0686. The van der Waals surface area contributed by atoms with E-state index in [1.165, 1.54) is 0 Å². The van der Waals surface area contributed by atoms with Crippen molar-refractivity contribution in [2.45, 2.75) is 27.2 Å². The van der Waals surface area contributed by atoms with Crippen molar-refractivity contribution in [3.63, 3.8) is 0 Å². The first-order chi connectivity index (χ1) is 9.10. The molecule has 0 saturated carbocycles. The zero-order valence-electron chi connectivity index (χ0n) is 11.5. The van der Waals surface area contributed by atoms with Crippen molar-refractivity contribution in [1.29, 1.82) is 0 Å². The number of amides is 1. The first-order valence-corrected chi connectivity index (χ1v) is 5.92. The van der Waals surface area contributed by atoms with E-state index in [1.54, 1.807) is 0 Å². The van der Waals surface area contributed by atoms with E-state index in [4.69, 9.17) is 5.11 Å². The average Bonchev–Trinajstić information content (AvgIpc) is 2.25. The third-order valence-corrected chi connectivity index (χ3v) is 2.41. The fourth-order valence-electron chi connectivity index (χ4n) is 1.61. The summed E-state index contributed by atoms with van der Waals surface area (Å²) in [5.41, 5.74) is -0.798. The molecule has 0 aliphatic heterocycles. The Morgan fingerprint density at radius 1 is 1.35 bits per heavy atom. The topological polar surface area (TPSA) is 110 Å². The van der Waals surface area contributed by atoms with Crippen LogP contribution in [0.2, 0.25) is 0 Å². The highest BCUT2D eigenvalue weighted by Gasteiger charge is 2.20. The molecule has 2 N–H and O–H groups in total. The summed E-state index contributed by atoms with van der Waals surface area (Å²) in [5.74, 6) is -1.65. The van der Waals surface area contributed by atoms with Gasteiger partial charge in [-0.3, -0.25) is 14.9 Å². The van der Waals surface area contributed by atoms with Crippen molar-refractivity contribution in [2.24, 2.45) is 5.41 Å². The Morgan fingerprint density at radius 3 is 2.40 bits per heavy atom. The lowest BCUT2D eigenvalue weighted by Gasteiger charge is -2.17. The SMILES string of the molecule is CC(C)(C)CC(=O)Nc1cc([N+](=O)[O-])ccc1C(=O)O. The van der Waals surface area contributed by atoms with Crippen LogP contribution in [0.25, 0.3) is 0 Å². The second-order valence-corrected chi connectivity index (χ2v) is 5.58. The van der Waals surface area contributed by atoms with Crippen LogP contribution >= 0.6 is 0 Å². The molecule has 0 fully saturated rings. The van der Waals surface area contributed by atoms with Gasteiger partial charge in [0.25, 0.3) is 5.69 Å². The van der Waals surface area contributed by atoms with Crippen molar-refractivity contribution < 1.29 is 19.6 Å². The highest BCUT2D eigenvalue weighted by molar-refractivity contribution is 6.01. The molecule has 1 rings (SSSR count). The van der Waals surface area contributed by atoms with Gasteiger partial charge in [0, 0.05) is 18.6 Å². The molecule has 1 aromatic carbocycles. The van der Waals surface area contributed by atoms with Gasteiger partial charge in [-0.1, -0.05) is 20.8 Å². The third kappa shape index (κ3) is 4.34. The predicted octanol–water partition coefficient (Wildman–Crippen LogP) is 2.67. The molecule has 108 valence electrons. The summed E-state index contributed by atoms with van der Waals surface area (Å²) in [6.45, 7) is 5.58. The van der Waals surface area contributed by atoms with Gasteiger partial charge in [0.05, 0.1) is 16.2 Å². The van der Waals surface area contributed by atoms with Crippen LogP contribution in [0.3, 0.4) is 0 Å². The van der Waals surface area contributed by atoms with Crippen LogP contribution < -0.4 is 5.32 Å². The number of hydrogen-bond acceptors (Lipinski definition) is 4. The van der Waals surface area contributed by atoms with Gasteiger partial charge in [-0.05, 0) is 11.5 Å². The number of hydrogen-bond donors (Lipinski definition) is 2. The number of nitrogens with one attached hydrogen (secondary N) is 1. The molecule has 0 bridgehead atoms. The highest BCUT2D eigenvalue weighted by Crippen LogP contribution is 2.25. The molecule has 0 spiro atoms. The second kappa shape index (κ2) is 5.68. The quantitative estimate of drug-likeness (QED) is 0.650. The van der Waals surface area contributed by atoms with Crippen molar-refractivity contribution in [3.05, 3.63) is 33.9 Å². The maximum Gasteiger partial charge on any atom is 0.337 e. The van der Waals surface area contributed by atoms with Crippen molar-refractivity contribution in [2.75, 3.05) is 5.32 Å². The number of nitrogens with zero attached hydrogens (tertiary/aromatic N) is 1. The summed E-state index contributed by atoms with van der Waals surface area (Å²) in [4.78, 5) is 32.9. The molecule has 7 nitrogen and oxygen atoms in total. The number of benzene rings is 1. The molecule has 7 heteroatoms. The molecule has 0 aromatic heterocycles. The van der Waals surface area contributed by atoms with E-state index in [0.717, 1.165) is 18.2 Å². The zero-order chi connectivity index (χ0) is 15.5. The van der Waals surface area contributed by atoms with Gasteiger partial charge in [0.1, 0.15) is 0 Å². The van der Waals surface area contributed by atoms with E-state index in [-0.39, 0.29) is 34.7 Å². The summed E-state index contributed by atoms with van der Waals surface area (Å²) >= 11 is 0. The Bertz CT molecular complexity index is 560. The smallest absolute Gasteiger partial charge is 0.337 e. The first kappa shape index (κ1) is 15.6. The number of carboxylic acid groups (broad SMARTS) is 1. The van der Waals surface area contributed by atoms with Gasteiger partial charge >= 0.3 is 5.97 Å². The molecule has 0 aliphatic rings. The number of carboxylic acids is 1. The number of non-ortho nitro benzene ring substituents is 1. The van der Waals surface area contributed by atoms with Crippen molar-refractivity contribution in [3.8, 4) is 0 Å². The molecule has 20 heavy (non-hydrogen) atoms. The Kier molecular flexibility index (Phi) is 4.44. The Morgan fingerprint density at radius 2 is 1.95 bits per heavy atom. The van der Waals surface area contributed by atoms with E-state index in [9.17, 15) is 19.7 Å². The standard InChI is InChI=1S/C13H16N2O5/c1-13(2,3)7-11(16)14-10-6-8(15(19)20)4-5-9(10)12(17)18/h4-6H,7H2,1-3H3,(H,14,16)(H,17,18). The first-order valence-electron chi connectivity index (χ1n) is 5.92. The molecule has 0 atom stereocenters. The minimum atomic E-state index is -1.26. The average molecular weight is 280 g/mol. The molecule has 1 amide bonds. The van der Waals surface area contributed by atoms with Gasteiger partial charge < -0.3 is 10.4 Å². The van der Waals surface area contributed by atoms with E-state index in [0.29, 0.717) is 0 Å². The van der Waals surface area contributed by atoms with E-state index in [2.05, 4.69) is 5.32 Å². The van der Waals surface area contributed by atoms with E-state index in [1.807, 2.05) is 20.8 Å². The minimum Gasteiger partial charge on any atom is -0.478 e. The fraction of sp³-hybridized carbons (Fsp3) is 0.385. The number of aromatic carboxylic acids is 1. The van der Waals surface area contributed by atoms with Crippen molar-refractivity contribution >= 4 is 23.3 Å². The van der Waals surface area contributed by atoms with Crippen LogP contribution in [0.5, 0.6) is 0 Å². The number of nitro groups is 1. The van der Waals surface area contributed by atoms with E-state index >= 15 is 0 Å². The van der Waals surface area contributed by atoms with Crippen LogP contribution in [0.1, 0.15) is 37.6 Å². The zero-order valence-corrected chi connectivity index (χ0v) is 11.5. The summed E-state index contributed by atoms with van der Waals surface area (Å²) in [7, 11) is 0. The van der Waals surface area contributed by atoms with Crippen molar-refractivity contribution in [1.82, 2.24) is 0 Å². The molecule has 0 aliphatic carbocycles. The van der Waals surface area contributed by atoms with Crippen LogP contribution in [-0.2, 0) is 4.79 Å². The maximum absolute atomic E-state index is 11.8. The molecule has 0 unspecified atom stereocenters. The predicted molar refractivity (Wildman–Crippen MR) is 72.8 cm³/mol. The number of carbonyl (C=O) groups is 2. The highest BCUT2D eigenvalue weighted by atomic mass is 16.6. The largest absolute Gasteiger partial charge is 0.478 e. The number of anilines is 1. The lowest BCUT2D eigenvalue weighted by atomic mass is 9.92. The van der Waals surface area contributed by atoms with Gasteiger partial charge in [0.2, 0.25) is 5.91 Å². The fourth-order valence-corrected chi connectivity index (χ4v) is 1.61. The number of carbonyl (C=O) groups excluding carboxylic acids is 1. The van der Waals surface area contributed by atoms with Crippen LogP contribution in [0.4, 0.5) is 11.4 Å². The monoisotopic (exact) mass is 280 g/mol. The number of rotatable bonds is 4. The molecular weight excluding hydrogens is 264 g/mol. The van der Waals surface area contributed by atoms with Crippen LogP contribution in [-0.4, -0.2) is 21.9 Å². The molecule has 0 radical (unpaired) electrons. The van der Waals surface area contributed by atoms with Gasteiger partial charge in [0.15, 0.2) is 0 Å². The summed E-state index contributed by atoms with van der Waals surface area (Å²) in [6, 6.07) is 3.24. The summed E-state index contributed by atoms with van der Waals surface area (Å²) in [5, 5.41) is 22.1. The van der Waals surface area contributed by atoms with Crippen LogP contribution in [0.15, 0.2) is 18.2 Å². The summed E-state index contributed by atoms with van der Waals surface area (Å²) < 4.78 is 0. The lowest BCUT2D eigenvalue weighted by Crippen LogP contribution is -2.21. The second-order valence-electron chi connectivity index (χ2n) is 5.58. The van der Waals surface area contributed by atoms with Gasteiger partial charge in [-0.15, -0.1) is 0 Å². The van der Waals surface area contributed by atoms with E-state index < -0.39 is 10.9 Å². The molecular formula is C13H16N2O5. The molecule has 1 aromatic rings. The maximum atomic E-state index is 11.8.